The second-order valence-corrected chi connectivity index (χ2v) is 11.2. The molecular formula is C14H24N4O5S2. The first kappa shape index (κ1) is 18.7. The second-order valence-electron chi connectivity index (χ2n) is 6.85. The Labute approximate surface area is 148 Å². The Bertz CT molecular complexity index is 850. The molecule has 0 bridgehead atoms. The highest BCUT2D eigenvalue weighted by atomic mass is 32.2. The van der Waals surface area contributed by atoms with Crippen LogP contribution in [0.1, 0.15) is 38.4 Å². The van der Waals surface area contributed by atoms with Gasteiger partial charge in [-0.2, -0.15) is 4.98 Å². The van der Waals surface area contributed by atoms with Crippen molar-refractivity contribution in [2.45, 2.75) is 45.1 Å². The molecule has 1 saturated heterocycles. The van der Waals surface area contributed by atoms with Crippen LogP contribution >= 0.6 is 0 Å². The lowest BCUT2D eigenvalue weighted by Crippen LogP contribution is -2.40. The molecule has 1 aliphatic heterocycles. The number of aryl methyl sites for hydroxylation is 1. The first-order chi connectivity index (χ1) is 11.6. The molecule has 2 heterocycles. The maximum atomic E-state index is 12.3. The molecule has 2 aliphatic rings. The number of fused-ring (bicyclic) bond motifs is 1. The minimum atomic E-state index is -3.33. The lowest BCUT2D eigenvalue weighted by molar-refractivity contribution is 0.259. The van der Waals surface area contributed by atoms with Gasteiger partial charge in [-0.1, -0.05) is 5.16 Å². The summed E-state index contributed by atoms with van der Waals surface area (Å²) in [7, 11) is -6.66. The standard InChI is InChI=1S/C14H24N4O5S2/c1-4-24(19,20)17-12-6-11-8-18(25(21,22)5-2)9-14(11,7-12)13-15-10(3)16-23-13/h11-12,17H,4-9H2,1-3H3. The van der Waals surface area contributed by atoms with Crippen LogP contribution in [-0.2, 0) is 25.5 Å². The van der Waals surface area contributed by atoms with Crippen LogP contribution < -0.4 is 4.72 Å². The number of rotatable bonds is 6. The van der Waals surface area contributed by atoms with Crippen molar-refractivity contribution in [1.82, 2.24) is 19.2 Å². The van der Waals surface area contributed by atoms with E-state index in [0.717, 1.165) is 0 Å². The highest BCUT2D eigenvalue weighted by molar-refractivity contribution is 7.89. The van der Waals surface area contributed by atoms with Crippen molar-refractivity contribution in [2.75, 3.05) is 24.6 Å². The third kappa shape index (κ3) is 3.34. The van der Waals surface area contributed by atoms with E-state index in [2.05, 4.69) is 14.9 Å². The summed E-state index contributed by atoms with van der Waals surface area (Å²) < 4.78 is 58.1. The van der Waals surface area contributed by atoms with Gasteiger partial charge in [0.1, 0.15) is 0 Å². The lowest BCUT2D eigenvalue weighted by atomic mass is 9.80. The monoisotopic (exact) mass is 392 g/mol. The highest BCUT2D eigenvalue weighted by Gasteiger charge is 2.59. The summed E-state index contributed by atoms with van der Waals surface area (Å²) in [5.41, 5.74) is -0.634. The summed E-state index contributed by atoms with van der Waals surface area (Å²) >= 11 is 0. The van der Waals surface area contributed by atoms with E-state index in [1.807, 2.05) is 0 Å². The first-order valence-corrected chi connectivity index (χ1v) is 11.7. The molecule has 3 unspecified atom stereocenters. The van der Waals surface area contributed by atoms with Gasteiger partial charge >= 0.3 is 0 Å². The summed E-state index contributed by atoms with van der Waals surface area (Å²) in [6, 6.07) is -0.256. The Balaban J connectivity index is 1.93. The fourth-order valence-corrected chi connectivity index (χ4v) is 6.03. The average Bonchev–Trinajstić information content (AvgIpc) is 3.19. The van der Waals surface area contributed by atoms with E-state index in [1.165, 1.54) is 4.31 Å². The molecule has 1 N–H and O–H groups in total. The number of nitrogens with zero attached hydrogens (tertiary/aromatic N) is 3. The van der Waals surface area contributed by atoms with Gasteiger partial charge in [0, 0.05) is 19.1 Å². The molecule has 9 nitrogen and oxygen atoms in total. The SMILES string of the molecule is CCS(=O)(=O)NC1CC2CN(S(=O)(=O)CC)CC2(c2nc(C)no2)C1. The molecule has 1 aromatic rings. The molecule has 142 valence electrons. The van der Waals surface area contributed by atoms with Crippen molar-refractivity contribution >= 4 is 20.0 Å². The Morgan fingerprint density at radius 2 is 2.00 bits per heavy atom. The summed E-state index contributed by atoms with van der Waals surface area (Å²) in [6.07, 6.45) is 1.00. The predicted octanol–water partition coefficient (Wildman–Crippen LogP) is -0.000980. The smallest absolute Gasteiger partial charge is 0.234 e. The summed E-state index contributed by atoms with van der Waals surface area (Å²) in [5.74, 6) is 0.875. The zero-order valence-corrected chi connectivity index (χ0v) is 16.2. The van der Waals surface area contributed by atoms with Crippen molar-refractivity contribution in [1.29, 1.82) is 0 Å². The average molecular weight is 393 g/mol. The van der Waals surface area contributed by atoms with E-state index in [4.69, 9.17) is 4.52 Å². The van der Waals surface area contributed by atoms with Crippen molar-refractivity contribution in [3.63, 3.8) is 0 Å². The Hall–Kier alpha value is -1.04. The molecular weight excluding hydrogens is 368 g/mol. The molecule has 0 spiro atoms. The van der Waals surface area contributed by atoms with Crippen LogP contribution in [0.15, 0.2) is 4.52 Å². The normalized spacial score (nSPS) is 30.7. The zero-order chi connectivity index (χ0) is 18.5. The van der Waals surface area contributed by atoms with Gasteiger partial charge in [-0.25, -0.2) is 25.9 Å². The second kappa shape index (κ2) is 6.29. The number of sulfonamides is 2. The van der Waals surface area contributed by atoms with Crippen molar-refractivity contribution in [3.05, 3.63) is 11.7 Å². The predicted molar refractivity (Wildman–Crippen MR) is 90.9 cm³/mol. The van der Waals surface area contributed by atoms with Crippen LogP contribution in [0.5, 0.6) is 0 Å². The van der Waals surface area contributed by atoms with E-state index in [-0.39, 0.29) is 30.0 Å². The molecule has 2 fully saturated rings. The molecule has 25 heavy (non-hydrogen) atoms. The van der Waals surface area contributed by atoms with Crippen LogP contribution in [0.25, 0.3) is 0 Å². The number of aromatic nitrogens is 2. The van der Waals surface area contributed by atoms with Gasteiger partial charge in [0.25, 0.3) is 0 Å². The van der Waals surface area contributed by atoms with Gasteiger partial charge in [-0.3, -0.25) is 0 Å². The van der Waals surface area contributed by atoms with Gasteiger partial charge in [0.15, 0.2) is 5.82 Å². The zero-order valence-electron chi connectivity index (χ0n) is 14.6. The number of nitrogens with one attached hydrogen (secondary N) is 1. The van der Waals surface area contributed by atoms with Crippen molar-refractivity contribution in [3.8, 4) is 0 Å². The fourth-order valence-electron chi connectivity index (χ4n) is 3.98. The van der Waals surface area contributed by atoms with Crippen LogP contribution in [0.4, 0.5) is 0 Å². The molecule has 1 aromatic heterocycles. The topological polar surface area (TPSA) is 122 Å². The van der Waals surface area contributed by atoms with Crippen molar-refractivity contribution < 1.29 is 21.4 Å². The van der Waals surface area contributed by atoms with E-state index >= 15 is 0 Å². The Kier molecular flexibility index (Phi) is 4.71. The quantitative estimate of drug-likeness (QED) is 0.723. The molecule has 3 atom stereocenters. The molecule has 0 aromatic carbocycles. The largest absolute Gasteiger partial charge is 0.339 e. The third-order valence-corrected chi connectivity index (χ3v) is 8.53. The Morgan fingerprint density at radius 1 is 1.28 bits per heavy atom. The van der Waals surface area contributed by atoms with Crippen LogP contribution in [0.3, 0.4) is 0 Å². The maximum Gasteiger partial charge on any atom is 0.234 e. The van der Waals surface area contributed by atoms with E-state index in [0.29, 0.717) is 31.1 Å². The molecule has 3 rings (SSSR count). The lowest BCUT2D eigenvalue weighted by Gasteiger charge is -2.25. The van der Waals surface area contributed by atoms with Gasteiger partial charge in [0.2, 0.25) is 25.9 Å². The van der Waals surface area contributed by atoms with Gasteiger partial charge in [0.05, 0.1) is 16.9 Å². The summed E-state index contributed by atoms with van der Waals surface area (Å²) in [6.45, 7) is 5.51. The summed E-state index contributed by atoms with van der Waals surface area (Å²) in [4.78, 5) is 4.34. The van der Waals surface area contributed by atoms with E-state index in [1.54, 1.807) is 20.8 Å². The third-order valence-electron chi connectivity index (χ3n) is 5.28. The van der Waals surface area contributed by atoms with Gasteiger partial charge in [-0.05, 0) is 39.5 Å². The van der Waals surface area contributed by atoms with Crippen LogP contribution in [0.2, 0.25) is 0 Å². The Morgan fingerprint density at radius 3 is 2.56 bits per heavy atom. The molecule has 1 aliphatic carbocycles. The molecule has 0 amide bonds. The number of hydrogen-bond donors (Lipinski definition) is 1. The van der Waals surface area contributed by atoms with Crippen LogP contribution in [-0.4, -0.2) is 61.9 Å². The molecule has 1 saturated carbocycles. The first-order valence-electron chi connectivity index (χ1n) is 8.40. The van der Waals surface area contributed by atoms with E-state index < -0.39 is 25.5 Å². The maximum absolute atomic E-state index is 12.3. The van der Waals surface area contributed by atoms with Gasteiger partial charge in [-0.15, -0.1) is 0 Å². The van der Waals surface area contributed by atoms with Gasteiger partial charge < -0.3 is 4.52 Å². The van der Waals surface area contributed by atoms with Crippen molar-refractivity contribution in [2.24, 2.45) is 5.92 Å². The molecule has 0 radical (unpaired) electrons. The fraction of sp³-hybridized carbons (Fsp3) is 0.857. The highest BCUT2D eigenvalue weighted by Crippen LogP contribution is 2.50. The summed E-state index contributed by atoms with van der Waals surface area (Å²) in [5, 5.41) is 3.85. The number of hydrogen-bond acceptors (Lipinski definition) is 7. The minimum Gasteiger partial charge on any atom is -0.339 e. The molecule has 11 heteroatoms. The van der Waals surface area contributed by atoms with Crippen LogP contribution in [0, 0.1) is 12.8 Å². The van der Waals surface area contributed by atoms with E-state index in [9.17, 15) is 16.8 Å². The minimum absolute atomic E-state index is 0.0111.